The summed E-state index contributed by atoms with van der Waals surface area (Å²) in [6, 6.07) is 9.39. The van der Waals surface area contributed by atoms with Crippen molar-refractivity contribution >= 4 is 17.4 Å². The van der Waals surface area contributed by atoms with Crippen molar-refractivity contribution in [2.45, 2.75) is 20.1 Å². The van der Waals surface area contributed by atoms with Crippen LogP contribution < -0.4 is 24.4 Å². The highest BCUT2D eigenvalue weighted by atomic mass is 19.3. The monoisotopic (exact) mass is 407 g/mol. The standard InChI is InChI=1S/C20H20F2N2O5/c1-12(25)15-7-17-18(28-11-27-17)8-16(15)23-19(26)10-24(2)9-13-3-5-14(6-4-13)29-20(21)22/h3-8,20H,9-11H2,1-2H3,(H,23,26)/p+1. The Morgan fingerprint density at radius 2 is 1.83 bits per heavy atom. The number of hydrogen-bond donors (Lipinski definition) is 2. The molecule has 2 aromatic carbocycles. The largest absolute Gasteiger partial charge is 0.454 e. The number of halogens is 2. The van der Waals surface area contributed by atoms with Gasteiger partial charge in [0.25, 0.3) is 5.91 Å². The first kappa shape index (κ1) is 20.5. The van der Waals surface area contributed by atoms with E-state index in [2.05, 4.69) is 10.1 Å². The molecule has 0 bridgehead atoms. The Morgan fingerprint density at radius 1 is 1.17 bits per heavy atom. The Labute approximate surface area is 166 Å². The number of benzene rings is 2. The maximum atomic E-state index is 12.4. The molecule has 0 aliphatic carbocycles. The molecule has 2 aromatic rings. The molecule has 9 heteroatoms. The predicted octanol–water partition coefficient (Wildman–Crippen LogP) is 1.87. The molecule has 1 amide bonds. The van der Waals surface area contributed by atoms with Gasteiger partial charge in [0.05, 0.1) is 12.7 Å². The van der Waals surface area contributed by atoms with E-state index in [0.29, 0.717) is 29.3 Å². The van der Waals surface area contributed by atoms with Crippen molar-refractivity contribution in [2.75, 3.05) is 25.7 Å². The van der Waals surface area contributed by atoms with Gasteiger partial charge in [-0.15, -0.1) is 0 Å². The molecule has 2 N–H and O–H groups in total. The van der Waals surface area contributed by atoms with E-state index in [4.69, 9.17) is 9.47 Å². The van der Waals surface area contributed by atoms with Gasteiger partial charge < -0.3 is 24.4 Å². The van der Waals surface area contributed by atoms with E-state index >= 15 is 0 Å². The van der Waals surface area contributed by atoms with Crippen molar-refractivity contribution in [3.05, 3.63) is 47.5 Å². The highest BCUT2D eigenvalue weighted by Gasteiger charge is 2.21. The lowest BCUT2D eigenvalue weighted by molar-refractivity contribution is -0.885. The zero-order valence-electron chi connectivity index (χ0n) is 16.0. The van der Waals surface area contributed by atoms with Crippen molar-refractivity contribution in [3.63, 3.8) is 0 Å². The zero-order chi connectivity index (χ0) is 21.0. The number of anilines is 1. The first-order valence-corrected chi connectivity index (χ1v) is 8.91. The summed E-state index contributed by atoms with van der Waals surface area (Å²) in [4.78, 5) is 25.2. The third kappa shape index (κ3) is 5.41. The van der Waals surface area contributed by atoms with Crippen LogP contribution in [-0.4, -0.2) is 38.7 Å². The molecule has 0 radical (unpaired) electrons. The second kappa shape index (κ2) is 8.87. The van der Waals surface area contributed by atoms with Gasteiger partial charge in [0.15, 0.2) is 23.8 Å². The normalized spacial score (nSPS) is 13.3. The number of quaternary nitrogens is 1. The van der Waals surface area contributed by atoms with Crippen LogP contribution in [0.5, 0.6) is 17.2 Å². The quantitative estimate of drug-likeness (QED) is 0.654. The molecule has 1 atom stereocenters. The lowest BCUT2D eigenvalue weighted by atomic mass is 10.1. The highest BCUT2D eigenvalue weighted by Crippen LogP contribution is 2.37. The zero-order valence-corrected chi connectivity index (χ0v) is 16.0. The molecular formula is C20H21F2N2O5+. The number of ether oxygens (including phenoxy) is 3. The lowest BCUT2D eigenvalue weighted by Gasteiger charge is -2.15. The fraction of sp³-hybridized carbons (Fsp3) is 0.300. The van der Waals surface area contributed by atoms with Gasteiger partial charge in [0.1, 0.15) is 12.3 Å². The Kier molecular flexibility index (Phi) is 6.28. The van der Waals surface area contributed by atoms with E-state index in [1.807, 2.05) is 7.05 Å². The Bertz CT molecular complexity index is 902. The summed E-state index contributed by atoms with van der Waals surface area (Å²) in [5, 5.41) is 2.75. The third-order valence-electron chi connectivity index (χ3n) is 4.28. The summed E-state index contributed by atoms with van der Waals surface area (Å²) in [5.41, 5.74) is 1.58. The van der Waals surface area contributed by atoms with Gasteiger partial charge in [-0.25, -0.2) is 0 Å². The summed E-state index contributed by atoms with van der Waals surface area (Å²) in [6.07, 6.45) is 0. The van der Waals surface area contributed by atoms with Crippen LogP contribution in [0.25, 0.3) is 0 Å². The second-order valence-corrected chi connectivity index (χ2v) is 6.69. The minimum absolute atomic E-state index is 0.0676. The Morgan fingerprint density at radius 3 is 2.45 bits per heavy atom. The van der Waals surface area contributed by atoms with Crippen molar-refractivity contribution in [1.82, 2.24) is 0 Å². The number of Topliss-reactive ketones (excluding diaryl/α,β-unsaturated/α-hetero) is 1. The molecule has 1 heterocycles. The summed E-state index contributed by atoms with van der Waals surface area (Å²) < 4.78 is 39.3. The molecule has 1 aliphatic rings. The van der Waals surface area contributed by atoms with Crippen LogP contribution in [0.1, 0.15) is 22.8 Å². The number of nitrogens with one attached hydrogen (secondary N) is 2. The van der Waals surface area contributed by atoms with Crippen LogP contribution in [0.2, 0.25) is 0 Å². The number of rotatable bonds is 8. The molecule has 29 heavy (non-hydrogen) atoms. The molecule has 0 saturated carbocycles. The molecule has 0 fully saturated rings. The number of hydrogen-bond acceptors (Lipinski definition) is 5. The van der Waals surface area contributed by atoms with Gasteiger partial charge in [-0.3, -0.25) is 9.59 Å². The Balaban J connectivity index is 1.60. The van der Waals surface area contributed by atoms with Crippen molar-refractivity contribution in [2.24, 2.45) is 0 Å². The third-order valence-corrected chi connectivity index (χ3v) is 4.28. The van der Waals surface area contributed by atoms with Crippen LogP contribution in [0.4, 0.5) is 14.5 Å². The molecule has 3 rings (SSSR count). The van der Waals surface area contributed by atoms with Gasteiger partial charge >= 0.3 is 6.61 Å². The van der Waals surface area contributed by atoms with Gasteiger partial charge in [-0.1, -0.05) is 0 Å². The molecule has 0 aromatic heterocycles. The lowest BCUT2D eigenvalue weighted by Crippen LogP contribution is -3.08. The fourth-order valence-corrected chi connectivity index (χ4v) is 3.00. The average Bonchev–Trinajstić information content (AvgIpc) is 3.09. The van der Waals surface area contributed by atoms with E-state index in [0.717, 1.165) is 10.5 Å². The first-order valence-electron chi connectivity index (χ1n) is 8.91. The van der Waals surface area contributed by atoms with Crippen LogP contribution in [0, 0.1) is 0 Å². The molecule has 1 unspecified atom stereocenters. The highest BCUT2D eigenvalue weighted by molar-refractivity contribution is 6.04. The molecule has 7 nitrogen and oxygen atoms in total. The minimum Gasteiger partial charge on any atom is -0.454 e. The van der Waals surface area contributed by atoms with Crippen molar-refractivity contribution < 1.29 is 37.5 Å². The molecule has 0 saturated heterocycles. The summed E-state index contributed by atoms with van der Waals surface area (Å²) in [5.74, 6) is 0.540. The van der Waals surface area contributed by atoms with Gasteiger partial charge in [-0.2, -0.15) is 8.78 Å². The summed E-state index contributed by atoms with van der Waals surface area (Å²) in [6.45, 7) is -0.747. The number of carbonyl (C=O) groups excluding carboxylic acids is 2. The van der Waals surface area contributed by atoms with Gasteiger partial charge in [0, 0.05) is 17.2 Å². The van der Waals surface area contributed by atoms with E-state index in [9.17, 15) is 18.4 Å². The second-order valence-electron chi connectivity index (χ2n) is 6.69. The number of likely N-dealkylation sites (N-methyl/N-ethyl adjacent to an activating group) is 1. The van der Waals surface area contributed by atoms with Crippen molar-refractivity contribution in [3.8, 4) is 17.2 Å². The Hall–Kier alpha value is -3.20. The fourth-order valence-electron chi connectivity index (χ4n) is 3.00. The van der Waals surface area contributed by atoms with Gasteiger partial charge in [-0.05, 0) is 37.3 Å². The average molecular weight is 407 g/mol. The maximum Gasteiger partial charge on any atom is 0.387 e. The van der Waals surface area contributed by atoms with E-state index in [1.54, 1.807) is 24.3 Å². The first-order chi connectivity index (χ1) is 13.8. The van der Waals surface area contributed by atoms with E-state index in [1.165, 1.54) is 19.1 Å². The van der Waals surface area contributed by atoms with E-state index < -0.39 is 6.61 Å². The number of ketones is 1. The molecule has 154 valence electrons. The van der Waals surface area contributed by atoms with E-state index in [-0.39, 0.29) is 30.8 Å². The number of carbonyl (C=O) groups is 2. The number of alkyl halides is 2. The van der Waals surface area contributed by atoms with Crippen LogP contribution in [0.15, 0.2) is 36.4 Å². The number of fused-ring (bicyclic) bond motifs is 1. The van der Waals surface area contributed by atoms with Gasteiger partial charge in [0.2, 0.25) is 6.79 Å². The van der Waals surface area contributed by atoms with Crippen LogP contribution in [0.3, 0.4) is 0 Å². The van der Waals surface area contributed by atoms with Crippen LogP contribution >= 0.6 is 0 Å². The molecule has 1 aliphatic heterocycles. The minimum atomic E-state index is -2.87. The van der Waals surface area contributed by atoms with Crippen molar-refractivity contribution in [1.29, 1.82) is 0 Å². The SMILES string of the molecule is CC(=O)c1cc2c(cc1NC(=O)C[NH+](C)Cc1ccc(OC(F)F)cc1)OCO2. The smallest absolute Gasteiger partial charge is 0.387 e. The summed E-state index contributed by atoms with van der Waals surface area (Å²) in [7, 11) is 1.83. The topological polar surface area (TPSA) is 78.3 Å². The molecule has 0 spiro atoms. The molecular weight excluding hydrogens is 386 g/mol. The summed E-state index contributed by atoms with van der Waals surface area (Å²) >= 11 is 0. The van der Waals surface area contributed by atoms with Crippen LogP contribution in [-0.2, 0) is 11.3 Å². The maximum absolute atomic E-state index is 12.4. The number of amides is 1. The predicted molar refractivity (Wildman–Crippen MR) is 99.7 cm³/mol.